The Bertz CT molecular complexity index is 735. The van der Waals surface area contributed by atoms with Gasteiger partial charge in [-0.15, -0.1) is 6.42 Å². The van der Waals surface area contributed by atoms with E-state index < -0.39 is 0 Å². The molecule has 0 bridgehead atoms. The van der Waals surface area contributed by atoms with Gasteiger partial charge in [-0.3, -0.25) is 0 Å². The molecule has 0 atom stereocenters. The van der Waals surface area contributed by atoms with E-state index in [0.717, 1.165) is 12.0 Å². The van der Waals surface area contributed by atoms with Crippen LogP contribution >= 0.6 is 0 Å². The van der Waals surface area contributed by atoms with Gasteiger partial charge in [0.25, 0.3) is 0 Å². The van der Waals surface area contributed by atoms with Gasteiger partial charge in [-0.25, -0.2) is 0 Å². The Balaban J connectivity index is 2.25. The Kier molecular flexibility index (Phi) is 5.39. The van der Waals surface area contributed by atoms with Gasteiger partial charge in [0, 0.05) is 0 Å². The molecule has 0 aliphatic rings. The molecule has 2 aromatic rings. The average Bonchev–Trinajstić information content (AvgIpc) is 2.50. The normalized spacial score (nSPS) is 11.6. The van der Waals surface area contributed by atoms with Crippen LogP contribution in [-0.4, -0.2) is 0 Å². The van der Waals surface area contributed by atoms with Crippen LogP contribution < -0.4 is 0 Å². The maximum absolute atomic E-state index is 5.27. The van der Waals surface area contributed by atoms with Crippen LogP contribution in [0, 0.1) is 26.2 Å². The number of rotatable bonds is 4. The van der Waals surface area contributed by atoms with Crippen LogP contribution in [0.5, 0.6) is 0 Å². The zero-order valence-corrected chi connectivity index (χ0v) is 13.6. The molecule has 0 radical (unpaired) electrons. The maximum Gasteiger partial charge on any atom is -0.00914 e. The lowest BCUT2D eigenvalue weighted by Gasteiger charge is -2.11. The molecule has 0 aromatic heterocycles. The topological polar surface area (TPSA) is 0 Å². The van der Waals surface area contributed by atoms with Crippen LogP contribution in [0.15, 0.2) is 66.3 Å². The second kappa shape index (κ2) is 7.48. The van der Waals surface area contributed by atoms with E-state index >= 15 is 0 Å². The lowest BCUT2D eigenvalue weighted by atomic mass is 9.94. The van der Waals surface area contributed by atoms with Crippen LogP contribution in [0.1, 0.15) is 23.6 Å². The van der Waals surface area contributed by atoms with Crippen molar-refractivity contribution in [1.29, 1.82) is 0 Å². The third-order valence-corrected chi connectivity index (χ3v) is 3.84. The summed E-state index contributed by atoms with van der Waals surface area (Å²) in [6.45, 7) is 6.33. The van der Waals surface area contributed by atoms with E-state index in [4.69, 9.17) is 6.42 Å². The van der Waals surface area contributed by atoms with E-state index in [1.54, 1.807) is 6.08 Å². The van der Waals surface area contributed by atoms with Gasteiger partial charge in [0.2, 0.25) is 0 Å². The standard InChI is InChI=1S/C22H22/c1-5-8-17(2)9-6-10-20-11-7-12-22(19(20)4)21-15-13-18(3)14-16-21/h1,6-9,11-16H,10H2,2-4H3/b9-6-,17-8-. The first-order valence-electron chi connectivity index (χ1n) is 7.57. The lowest BCUT2D eigenvalue weighted by molar-refractivity contribution is 1.21. The van der Waals surface area contributed by atoms with E-state index in [1.165, 1.54) is 27.8 Å². The Morgan fingerprint density at radius 2 is 1.82 bits per heavy atom. The molecule has 22 heavy (non-hydrogen) atoms. The minimum Gasteiger partial charge on any atom is -0.115 e. The van der Waals surface area contributed by atoms with Crippen molar-refractivity contribution in [1.82, 2.24) is 0 Å². The van der Waals surface area contributed by atoms with E-state index in [2.05, 4.69) is 74.4 Å². The second-order valence-electron chi connectivity index (χ2n) is 5.62. The summed E-state index contributed by atoms with van der Waals surface area (Å²) < 4.78 is 0. The first-order valence-corrected chi connectivity index (χ1v) is 7.57. The predicted molar refractivity (Wildman–Crippen MR) is 96.8 cm³/mol. The molecule has 0 N–H and O–H groups in total. The van der Waals surface area contributed by atoms with Crippen molar-refractivity contribution in [2.75, 3.05) is 0 Å². The molecule has 0 aliphatic carbocycles. The molecule has 0 aliphatic heterocycles. The van der Waals surface area contributed by atoms with Gasteiger partial charge >= 0.3 is 0 Å². The zero-order valence-electron chi connectivity index (χ0n) is 13.6. The van der Waals surface area contributed by atoms with E-state index in [-0.39, 0.29) is 0 Å². The Morgan fingerprint density at radius 3 is 2.50 bits per heavy atom. The summed E-state index contributed by atoms with van der Waals surface area (Å²) in [4.78, 5) is 0. The third kappa shape index (κ3) is 3.99. The van der Waals surface area contributed by atoms with Gasteiger partial charge in [0.05, 0.1) is 0 Å². The van der Waals surface area contributed by atoms with Gasteiger partial charge in [0.15, 0.2) is 0 Å². The van der Waals surface area contributed by atoms with Crippen LogP contribution in [-0.2, 0) is 6.42 Å². The van der Waals surface area contributed by atoms with Gasteiger partial charge in [-0.2, -0.15) is 0 Å². The van der Waals surface area contributed by atoms with E-state index in [0.29, 0.717) is 0 Å². The third-order valence-electron chi connectivity index (χ3n) is 3.84. The van der Waals surface area contributed by atoms with Crippen molar-refractivity contribution < 1.29 is 0 Å². The number of terminal acetylenes is 1. The van der Waals surface area contributed by atoms with Gasteiger partial charge in [0.1, 0.15) is 0 Å². The van der Waals surface area contributed by atoms with Crippen LogP contribution in [0.25, 0.3) is 11.1 Å². The largest absolute Gasteiger partial charge is 0.115 e. The average molecular weight is 286 g/mol. The highest BCUT2D eigenvalue weighted by Gasteiger charge is 2.05. The molecule has 0 heteroatoms. The highest BCUT2D eigenvalue weighted by Crippen LogP contribution is 2.26. The highest BCUT2D eigenvalue weighted by molar-refractivity contribution is 5.68. The monoisotopic (exact) mass is 286 g/mol. The number of benzene rings is 2. The SMILES string of the molecule is C#C/C=C(C)\C=C/Cc1cccc(-c2ccc(C)cc2)c1C. The highest BCUT2D eigenvalue weighted by atomic mass is 14.1. The molecule has 0 unspecified atom stereocenters. The molecule has 110 valence electrons. The minimum atomic E-state index is 0.918. The lowest BCUT2D eigenvalue weighted by Crippen LogP contribution is -1.91. The summed E-state index contributed by atoms with van der Waals surface area (Å²) >= 11 is 0. The molecule has 0 saturated carbocycles. The molecular formula is C22H22. The van der Waals surface area contributed by atoms with Crippen molar-refractivity contribution in [3.8, 4) is 23.5 Å². The fourth-order valence-electron chi connectivity index (χ4n) is 2.50. The fraction of sp³-hybridized carbons (Fsp3) is 0.182. The molecule has 0 heterocycles. The zero-order chi connectivity index (χ0) is 15.9. The van der Waals surface area contributed by atoms with Gasteiger partial charge < -0.3 is 0 Å². The van der Waals surface area contributed by atoms with Crippen LogP contribution in [0.3, 0.4) is 0 Å². The molecule has 2 aromatic carbocycles. The Labute approximate surface area is 134 Å². The number of hydrogen-bond acceptors (Lipinski definition) is 0. The minimum absolute atomic E-state index is 0.918. The summed E-state index contributed by atoms with van der Waals surface area (Å²) in [7, 11) is 0. The number of allylic oxidation sites excluding steroid dienone is 4. The maximum atomic E-state index is 5.27. The molecule has 2 rings (SSSR count). The second-order valence-corrected chi connectivity index (χ2v) is 5.62. The Morgan fingerprint density at radius 1 is 1.09 bits per heavy atom. The van der Waals surface area contributed by atoms with E-state index in [9.17, 15) is 0 Å². The van der Waals surface area contributed by atoms with Crippen LogP contribution in [0.4, 0.5) is 0 Å². The number of aryl methyl sites for hydroxylation is 1. The molecular weight excluding hydrogens is 264 g/mol. The molecule has 0 fully saturated rings. The fourth-order valence-corrected chi connectivity index (χ4v) is 2.50. The molecule has 0 nitrogen and oxygen atoms in total. The summed E-state index contributed by atoms with van der Waals surface area (Å²) in [5.74, 6) is 2.55. The molecule has 0 spiro atoms. The van der Waals surface area contributed by atoms with Crippen molar-refractivity contribution in [3.05, 3.63) is 83.0 Å². The molecule has 0 saturated heterocycles. The van der Waals surface area contributed by atoms with Crippen molar-refractivity contribution in [2.24, 2.45) is 0 Å². The van der Waals surface area contributed by atoms with Gasteiger partial charge in [-0.1, -0.05) is 66.1 Å². The van der Waals surface area contributed by atoms with E-state index in [1.807, 2.05) is 6.92 Å². The summed E-state index contributed by atoms with van der Waals surface area (Å²) in [6, 6.07) is 15.2. The quantitative estimate of drug-likeness (QED) is 0.503. The number of hydrogen-bond donors (Lipinski definition) is 0. The summed E-state index contributed by atoms with van der Waals surface area (Å²) in [6.07, 6.45) is 12.2. The van der Waals surface area contributed by atoms with Crippen molar-refractivity contribution in [2.45, 2.75) is 27.2 Å². The first-order chi connectivity index (χ1) is 10.6. The molecule has 0 amide bonds. The summed E-state index contributed by atoms with van der Waals surface area (Å²) in [5.41, 5.74) is 7.67. The smallest absolute Gasteiger partial charge is 0.00914 e. The summed E-state index contributed by atoms with van der Waals surface area (Å²) in [5, 5.41) is 0. The van der Waals surface area contributed by atoms with Crippen LogP contribution in [0.2, 0.25) is 0 Å². The predicted octanol–water partition coefficient (Wildman–Crippen LogP) is 5.65. The van der Waals surface area contributed by atoms with Crippen molar-refractivity contribution >= 4 is 0 Å². The Hall–Kier alpha value is -2.52. The first kappa shape index (κ1) is 15.9. The van der Waals surface area contributed by atoms with Crippen molar-refractivity contribution in [3.63, 3.8) is 0 Å². The van der Waals surface area contributed by atoms with Gasteiger partial charge in [-0.05, 0) is 61.1 Å².